The molecule has 1 heterocycles. The van der Waals surface area contributed by atoms with E-state index in [9.17, 15) is 0 Å². The van der Waals surface area contributed by atoms with Gasteiger partial charge in [-0.1, -0.05) is 30.3 Å². The fraction of sp³-hybridized carbons (Fsp3) is 0.222. The van der Waals surface area contributed by atoms with Gasteiger partial charge >= 0.3 is 0 Å². The molecule has 1 N–H and O–H groups in total. The number of nitrogens with zero attached hydrogens (tertiary/aromatic N) is 1. The molecule has 1 unspecified atom stereocenters. The SMILES string of the molecule is CNC(c1cccc(N(C)C)c1)c1cccc2ccsc12. The van der Waals surface area contributed by atoms with E-state index >= 15 is 0 Å². The van der Waals surface area contributed by atoms with Crippen molar-refractivity contribution in [3.8, 4) is 0 Å². The Hall–Kier alpha value is -1.84. The number of anilines is 1. The van der Waals surface area contributed by atoms with E-state index in [0.717, 1.165) is 0 Å². The zero-order chi connectivity index (χ0) is 14.8. The summed E-state index contributed by atoms with van der Waals surface area (Å²) in [5, 5.41) is 6.96. The van der Waals surface area contributed by atoms with Crippen molar-refractivity contribution in [2.45, 2.75) is 6.04 Å². The second-order valence-electron chi connectivity index (χ2n) is 5.40. The van der Waals surface area contributed by atoms with Crippen LogP contribution in [0.4, 0.5) is 5.69 Å². The Kier molecular flexibility index (Phi) is 3.95. The van der Waals surface area contributed by atoms with Crippen LogP contribution in [0.2, 0.25) is 0 Å². The Morgan fingerprint density at radius 1 is 1.05 bits per heavy atom. The zero-order valence-electron chi connectivity index (χ0n) is 12.6. The Morgan fingerprint density at radius 3 is 2.62 bits per heavy atom. The molecule has 21 heavy (non-hydrogen) atoms. The molecular weight excluding hydrogens is 276 g/mol. The summed E-state index contributed by atoms with van der Waals surface area (Å²) in [6, 6.07) is 17.7. The van der Waals surface area contributed by atoms with E-state index in [4.69, 9.17) is 0 Å². The lowest BCUT2D eigenvalue weighted by molar-refractivity contribution is 0.697. The molecule has 3 heteroatoms. The molecule has 0 spiro atoms. The third kappa shape index (κ3) is 2.67. The summed E-state index contributed by atoms with van der Waals surface area (Å²) in [6.45, 7) is 0. The third-order valence-electron chi connectivity index (χ3n) is 3.83. The van der Waals surface area contributed by atoms with Crippen molar-refractivity contribution in [3.63, 3.8) is 0 Å². The maximum absolute atomic E-state index is 3.47. The van der Waals surface area contributed by atoms with Crippen LogP contribution in [0.3, 0.4) is 0 Å². The van der Waals surface area contributed by atoms with Gasteiger partial charge in [0, 0.05) is 24.5 Å². The first-order valence-corrected chi connectivity index (χ1v) is 7.99. The molecule has 2 nitrogen and oxygen atoms in total. The normalized spacial score (nSPS) is 12.5. The maximum atomic E-state index is 3.47. The van der Waals surface area contributed by atoms with Gasteiger partial charge in [0.1, 0.15) is 0 Å². The van der Waals surface area contributed by atoms with Crippen LogP contribution in [-0.4, -0.2) is 21.1 Å². The molecule has 3 aromatic rings. The van der Waals surface area contributed by atoms with Gasteiger partial charge in [0.05, 0.1) is 6.04 Å². The van der Waals surface area contributed by atoms with Crippen LogP contribution in [0.25, 0.3) is 10.1 Å². The number of benzene rings is 2. The molecule has 1 atom stereocenters. The van der Waals surface area contributed by atoms with Crippen molar-refractivity contribution in [3.05, 3.63) is 65.0 Å². The molecule has 108 valence electrons. The second-order valence-corrected chi connectivity index (χ2v) is 6.31. The van der Waals surface area contributed by atoms with Crippen molar-refractivity contribution in [1.82, 2.24) is 5.32 Å². The summed E-state index contributed by atoms with van der Waals surface area (Å²) in [5.74, 6) is 0. The molecular formula is C18H20N2S. The fourth-order valence-electron chi connectivity index (χ4n) is 2.73. The highest BCUT2D eigenvalue weighted by atomic mass is 32.1. The first-order valence-electron chi connectivity index (χ1n) is 7.11. The number of rotatable bonds is 4. The van der Waals surface area contributed by atoms with Crippen LogP contribution in [0.1, 0.15) is 17.2 Å². The molecule has 0 aliphatic rings. The van der Waals surface area contributed by atoms with Gasteiger partial charge in [0.15, 0.2) is 0 Å². The molecule has 0 saturated heterocycles. The van der Waals surface area contributed by atoms with Gasteiger partial charge in [-0.3, -0.25) is 0 Å². The zero-order valence-corrected chi connectivity index (χ0v) is 13.4. The van der Waals surface area contributed by atoms with Crippen LogP contribution >= 0.6 is 11.3 Å². The van der Waals surface area contributed by atoms with Crippen LogP contribution < -0.4 is 10.2 Å². The number of nitrogens with one attached hydrogen (secondary N) is 1. The van der Waals surface area contributed by atoms with Gasteiger partial charge in [0.2, 0.25) is 0 Å². The van der Waals surface area contributed by atoms with Gasteiger partial charge < -0.3 is 10.2 Å². The predicted octanol–water partition coefficient (Wildman–Crippen LogP) is 4.28. The minimum atomic E-state index is 0.215. The minimum Gasteiger partial charge on any atom is -0.378 e. The second kappa shape index (κ2) is 5.88. The molecule has 0 aliphatic carbocycles. The van der Waals surface area contributed by atoms with Crippen molar-refractivity contribution < 1.29 is 0 Å². The largest absolute Gasteiger partial charge is 0.378 e. The quantitative estimate of drug-likeness (QED) is 0.773. The maximum Gasteiger partial charge on any atom is 0.0589 e. The van der Waals surface area contributed by atoms with E-state index in [1.807, 2.05) is 18.4 Å². The van der Waals surface area contributed by atoms with E-state index in [1.54, 1.807) is 0 Å². The Morgan fingerprint density at radius 2 is 1.86 bits per heavy atom. The van der Waals surface area contributed by atoms with Crippen molar-refractivity contribution in [2.75, 3.05) is 26.0 Å². The predicted molar refractivity (Wildman–Crippen MR) is 93.5 cm³/mol. The standard InChI is InChI=1S/C18H20N2S/c1-19-17(14-7-4-8-15(12-14)20(2)3)16-9-5-6-13-10-11-21-18(13)16/h4-12,17,19H,1-3H3. The number of hydrogen-bond acceptors (Lipinski definition) is 3. The smallest absolute Gasteiger partial charge is 0.0589 e. The van der Waals surface area contributed by atoms with Crippen molar-refractivity contribution >= 4 is 27.1 Å². The summed E-state index contributed by atoms with van der Waals surface area (Å²) in [5.41, 5.74) is 3.87. The van der Waals surface area contributed by atoms with Crippen LogP contribution in [0, 0.1) is 0 Å². The van der Waals surface area contributed by atoms with E-state index in [2.05, 4.69) is 78.2 Å². The van der Waals surface area contributed by atoms with Gasteiger partial charge in [-0.25, -0.2) is 0 Å². The molecule has 0 amide bonds. The molecule has 3 rings (SSSR count). The van der Waals surface area contributed by atoms with E-state index < -0.39 is 0 Å². The molecule has 0 fully saturated rings. The lowest BCUT2D eigenvalue weighted by Gasteiger charge is -2.20. The average molecular weight is 296 g/mol. The Labute approximate surface area is 130 Å². The fourth-order valence-corrected chi connectivity index (χ4v) is 3.67. The molecule has 2 aromatic carbocycles. The lowest BCUT2D eigenvalue weighted by Crippen LogP contribution is -2.18. The van der Waals surface area contributed by atoms with Crippen molar-refractivity contribution in [1.29, 1.82) is 0 Å². The lowest BCUT2D eigenvalue weighted by atomic mass is 9.97. The monoisotopic (exact) mass is 296 g/mol. The summed E-state index contributed by atoms with van der Waals surface area (Å²) >= 11 is 1.81. The number of thiophene rings is 1. The Balaban J connectivity index is 2.10. The third-order valence-corrected chi connectivity index (χ3v) is 4.81. The minimum absolute atomic E-state index is 0.215. The molecule has 1 aromatic heterocycles. The summed E-state index contributed by atoms with van der Waals surface area (Å²) in [7, 11) is 6.18. The van der Waals surface area contributed by atoms with Crippen LogP contribution in [0.15, 0.2) is 53.9 Å². The van der Waals surface area contributed by atoms with Crippen LogP contribution in [0.5, 0.6) is 0 Å². The van der Waals surface area contributed by atoms with Gasteiger partial charge in [-0.2, -0.15) is 0 Å². The number of hydrogen-bond donors (Lipinski definition) is 1. The Bertz CT molecular complexity index is 746. The molecule has 0 saturated carbocycles. The summed E-state index contributed by atoms with van der Waals surface area (Å²) < 4.78 is 1.37. The first-order chi connectivity index (χ1) is 10.2. The van der Waals surface area contributed by atoms with E-state index in [1.165, 1.54) is 26.9 Å². The van der Waals surface area contributed by atoms with Crippen LogP contribution in [-0.2, 0) is 0 Å². The summed E-state index contributed by atoms with van der Waals surface area (Å²) in [4.78, 5) is 2.14. The van der Waals surface area contributed by atoms with Gasteiger partial charge in [-0.15, -0.1) is 11.3 Å². The highest BCUT2D eigenvalue weighted by Gasteiger charge is 2.16. The van der Waals surface area contributed by atoms with Gasteiger partial charge in [0.25, 0.3) is 0 Å². The molecule has 0 aliphatic heterocycles. The highest BCUT2D eigenvalue weighted by Crippen LogP contribution is 2.33. The topological polar surface area (TPSA) is 15.3 Å². The van der Waals surface area contributed by atoms with Crippen molar-refractivity contribution in [2.24, 2.45) is 0 Å². The van der Waals surface area contributed by atoms with E-state index in [0.29, 0.717) is 0 Å². The highest BCUT2D eigenvalue weighted by molar-refractivity contribution is 7.17. The number of fused-ring (bicyclic) bond motifs is 1. The molecule has 0 bridgehead atoms. The van der Waals surface area contributed by atoms with E-state index in [-0.39, 0.29) is 6.04 Å². The van der Waals surface area contributed by atoms with Gasteiger partial charge in [-0.05, 0) is 47.1 Å². The molecule has 0 radical (unpaired) electrons. The average Bonchev–Trinajstić information content (AvgIpc) is 2.97. The summed E-state index contributed by atoms with van der Waals surface area (Å²) in [6.07, 6.45) is 0. The first kappa shape index (κ1) is 14.1.